The standard InChI is InChI=1S/C37H46F2N6O9S/c1-18-29-17-45(31(18)33(47)43-37(15-24(37)32(38)39)35(48)44-55(50,51)21-9-10-21)30(46)16-40-36(49)54-28-13-19-12-23(19)22(28)6-4-3-5-7-26-34(53-29)42-27-14-20(52-2)8-11-25(27)41-26/h8,11,14,18-19,21-24,28-29,31-32H,3-7,9-10,12-13,15-17H2,1-2H3,(H,40,49)(H,43,47)(H,44,48)/t18-,19+,22-,23+,24+,28-,29+,31+,37-/m1/s1. The first-order chi connectivity index (χ1) is 26.3. The summed E-state index contributed by atoms with van der Waals surface area (Å²) < 4.78 is 73.1. The van der Waals surface area contributed by atoms with Gasteiger partial charge in [0, 0.05) is 12.0 Å². The predicted molar refractivity (Wildman–Crippen MR) is 190 cm³/mol. The third-order valence-corrected chi connectivity index (χ3v) is 14.3. The number of nitrogens with one attached hydrogen (secondary N) is 3. The Hall–Kier alpha value is -4.35. The molecule has 2 bridgehead atoms. The molecule has 55 heavy (non-hydrogen) atoms. The molecule has 9 atom stereocenters. The van der Waals surface area contributed by atoms with Gasteiger partial charge in [0.2, 0.25) is 34.1 Å². The molecular formula is C37H46F2N6O9S. The number of rotatable bonds is 7. The van der Waals surface area contributed by atoms with Gasteiger partial charge in [-0.1, -0.05) is 19.8 Å². The number of alkyl carbamates (subject to hydrolysis) is 1. The first kappa shape index (κ1) is 37.6. The number of fused-ring (bicyclic) bond motifs is 7. The maximum absolute atomic E-state index is 14.2. The highest BCUT2D eigenvalue weighted by atomic mass is 32.2. The van der Waals surface area contributed by atoms with Gasteiger partial charge in [-0.3, -0.25) is 19.1 Å². The number of alkyl halides is 2. The molecule has 1 saturated heterocycles. The fourth-order valence-electron chi connectivity index (χ4n) is 8.98. The zero-order valence-corrected chi connectivity index (χ0v) is 31.5. The van der Waals surface area contributed by atoms with Crippen LogP contribution in [0, 0.1) is 29.6 Å². The van der Waals surface area contributed by atoms with Gasteiger partial charge in [-0.25, -0.2) is 32.0 Å². The summed E-state index contributed by atoms with van der Waals surface area (Å²) in [6, 6.07) is 3.95. The monoisotopic (exact) mass is 788 g/mol. The lowest BCUT2D eigenvalue weighted by atomic mass is 9.93. The van der Waals surface area contributed by atoms with Crippen LogP contribution in [-0.2, 0) is 35.6 Å². The summed E-state index contributed by atoms with van der Waals surface area (Å²) in [5, 5.41) is 4.16. The van der Waals surface area contributed by atoms with Crippen LogP contribution < -0.4 is 24.8 Å². The maximum Gasteiger partial charge on any atom is 0.407 e. The van der Waals surface area contributed by atoms with Crippen molar-refractivity contribution in [2.24, 2.45) is 29.6 Å². The largest absolute Gasteiger partial charge is 0.497 e. The van der Waals surface area contributed by atoms with E-state index < -0.39 is 88.0 Å². The lowest BCUT2D eigenvalue weighted by Gasteiger charge is -2.28. The van der Waals surface area contributed by atoms with Crippen LogP contribution in [0.4, 0.5) is 13.6 Å². The van der Waals surface area contributed by atoms with E-state index in [0.29, 0.717) is 53.6 Å². The van der Waals surface area contributed by atoms with Gasteiger partial charge in [0.15, 0.2) is 0 Å². The Morgan fingerprint density at radius 1 is 1.04 bits per heavy atom. The Labute approximate surface area is 317 Å². The molecule has 8 rings (SSSR count). The number of halogens is 2. The summed E-state index contributed by atoms with van der Waals surface area (Å²) in [6.45, 7) is 0.961. The third-order valence-electron chi connectivity index (χ3n) is 12.5. The molecule has 2 aromatic rings. The smallest absolute Gasteiger partial charge is 0.407 e. The molecule has 2 aliphatic heterocycles. The zero-order valence-electron chi connectivity index (χ0n) is 30.7. The maximum atomic E-state index is 14.2. The van der Waals surface area contributed by atoms with E-state index >= 15 is 0 Å². The van der Waals surface area contributed by atoms with E-state index in [-0.39, 0.29) is 24.4 Å². The molecule has 0 unspecified atom stereocenters. The molecule has 15 nitrogen and oxygen atoms in total. The van der Waals surface area contributed by atoms with Crippen molar-refractivity contribution >= 4 is 44.9 Å². The van der Waals surface area contributed by atoms with Crippen LogP contribution in [0.2, 0.25) is 0 Å². The minimum Gasteiger partial charge on any atom is -0.497 e. The highest BCUT2D eigenvalue weighted by Gasteiger charge is 2.67. The van der Waals surface area contributed by atoms with Gasteiger partial charge in [0.1, 0.15) is 41.8 Å². The van der Waals surface area contributed by atoms with Crippen molar-refractivity contribution in [3.8, 4) is 11.6 Å². The molecule has 0 radical (unpaired) electrons. The van der Waals surface area contributed by atoms with Gasteiger partial charge in [0.25, 0.3) is 5.91 Å². The Balaban J connectivity index is 1.09. The summed E-state index contributed by atoms with van der Waals surface area (Å²) in [5.74, 6) is -3.24. The Bertz CT molecular complexity index is 2000. The number of carbonyl (C=O) groups is 4. The summed E-state index contributed by atoms with van der Waals surface area (Å²) in [4.78, 5) is 65.4. The van der Waals surface area contributed by atoms with Crippen LogP contribution in [-0.4, -0.2) is 103 Å². The van der Waals surface area contributed by atoms with Crippen molar-refractivity contribution in [3.63, 3.8) is 0 Å². The van der Waals surface area contributed by atoms with E-state index in [2.05, 4.69) is 10.6 Å². The third kappa shape index (κ3) is 7.37. The van der Waals surface area contributed by atoms with Crippen molar-refractivity contribution in [3.05, 3.63) is 23.9 Å². The van der Waals surface area contributed by atoms with Gasteiger partial charge < -0.3 is 29.7 Å². The van der Waals surface area contributed by atoms with E-state index in [0.717, 1.165) is 38.5 Å². The molecular weight excluding hydrogens is 743 g/mol. The summed E-state index contributed by atoms with van der Waals surface area (Å²) in [7, 11) is -2.59. The first-order valence-corrected chi connectivity index (χ1v) is 20.7. The van der Waals surface area contributed by atoms with Crippen LogP contribution in [0.15, 0.2) is 18.2 Å². The molecule has 298 valence electrons. The first-order valence-electron chi connectivity index (χ1n) is 19.2. The number of aromatic nitrogens is 2. The van der Waals surface area contributed by atoms with Gasteiger partial charge in [-0.05, 0) is 81.3 Å². The highest BCUT2D eigenvalue weighted by molar-refractivity contribution is 7.91. The van der Waals surface area contributed by atoms with Crippen molar-refractivity contribution < 1.29 is 50.6 Å². The van der Waals surface area contributed by atoms with Gasteiger partial charge >= 0.3 is 6.09 Å². The lowest BCUT2D eigenvalue weighted by molar-refractivity contribution is -0.140. The number of nitrogens with zero attached hydrogens (tertiary/aromatic N) is 3. The lowest BCUT2D eigenvalue weighted by Crippen LogP contribution is -2.58. The molecule has 3 heterocycles. The number of carbonyl (C=O) groups excluding carboxylic acids is 4. The predicted octanol–water partition coefficient (Wildman–Crippen LogP) is 2.85. The van der Waals surface area contributed by atoms with Crippen LogP contribution in [0.1, 0.15) is 70.4 Å². The molecule has 1 aromatic carbocycles. The Morgan fingerprint density at radius 3 is 2.56 bits per heavy atom. The van der Waals surface area contributed by atoms with Gasteiger partial charge in [-0.15, -0.1) is 0 Å². The molecule has 0 spiro atoms. The fourth-order valence-corrected chi connectivity index (χ4v) is 10.3. The fraction of sp³-hybridized carbons (Fsp3) is 0.676. The quantitative estimate of drug-likeness (QED) is 0.374. The van der Waals surface area contributed by atoms with Gasteiger partial charge in [-0.2, -0.15) is 0 Å². The van der Waals surface area contributed by atoms with E-state index in [1.54, 1.807) is 25.1 Å². The molecule has 6 aliphatic rings. The number of aryl methyl sites for hydroxylation is 1. The molecule has 4 amide bonds. The van der Waals surface area contributed by atoms with Crippen molar-refractivity contribution in [2.75, 3.05) is 20.2 Å². The topological polar surface area (TPSA) is 195 Å². The molecule has 18 heteroatoms. The van der Waals surface area contributed by atoms with Crippen LogP contribution >= 0.6 is 0 Å². The number of methoxy groups -OCH3 is 1. The number of ether oxygens (including phenoxy) is 3. The summed E-state index contributed by atoms with van der Waals surface area (Å²) in [5.41, 5.74) is -0.476. The molecule has 5 fully saturated rings. The van der Waals surface area contributed by atoms with Gasteiger partial charge in [0.05, 0.1) is 35.9 Å². The van der Waals surface area contributed by atoms with E-state index in [9.17, 15) is 36.4 Å². The second-order valence-electron chi connectivity index (χ2n) is 16.1. The molecule has 4 aliphatic carbocycles. The van der Waals surface area contributed by atoms with Crippen molar-refractivity contribution in [1.29, 1.82) is 0 Å². The number of hydrogen-bond donors (Lipinski definition) is 3. The summed E-state index contributed by atoms with van der Waals surface area (Å²) >= 11 is 0. The van der Waals surface area contributed by atoms with Crippen LogP contribution in [0.25, 0.3) is 11.0 Å². The normalized spacial score (nSPS) is 33.5. The summed E-state index contributed by atoms with van der Waals surface area (Å²) in [6.07, 6.45) is 1.22. The highest BCUT2D eigenvalue weighted by Crippen LogP contribution is 2.57. The molecule has 1 aromatic heterocycles. The van der Waals surface area contributed by atoms with E-state index in [4.69, 9.17) is 24.2 Å². The van der Waals surface area contributed by atoms with Crippen LogP contribution in [0.5, 0.6) is 11.6 Å². The Kier molecular flexibility index (Phi) is 9.77. The van der Waals surface area contributed by atoms with E-state index in [1.165, 1.54) is 12.0 Å². The minimum absolute atomic E-state index is 0.159. The second-order valence-corrected chi connectivity index (χ2v) is 18.0. The average molecular weight is 789 g/mol. The number of amides is 4. The number of sulfonamides is 1. The SMILES string of the molecule is COc1ccc2nc3c(nc2c1)O[C@H]1CN(C(=O)CNC(=O)O[C@@H]2C[C@@H]4C[C@@H]4[C@H]2CCCCC3)[C@H](C(=O)N[C@]2(C(=O)NS(=O)(=O)C3CC3)C[C@H]2C(F)F)[C@@H]1C. The second kappa shape index (κ2) is 14.3. The van der Waals surface area contributed by atoms with Crippen molar-refractivity contribution in [1.82, 2.24) is 30.2 Å². The molecule has 3 N–H and O–H groups in total. The van der Waals surface area contributed by atoms with Crippen molar-refractivity contribution in [2.45, 2.75) is 107 Å². The number of benzene rings is 1. The Morgan fingerprint density at radius 2 is 1.84 bits per heavy atom. The minimum atomic E-state index is -4.12. The average Bonchev–Trinajstić information content (AvgIpc) is 4.07. The van der Waals surface area contributed by atoms with E-state index in [1.807, 2.05) is 4.72 Å². The van der Waals surface area contributed by atoms with Crippen LogP contribution in [0.3, 0.4) is 0 Å². The zero-order chi connectivity index (χ0) is 38.8. The number of hydrogen-bond acceptors (Lipinski definition) is 11. The molecule has 4 saturated carbocycles.